The molecule has 2 N–H and O–H groups in total. The summed E-state index contributed by atoms with van der Waals surface area (Å²) in [5.41, 5.74) is 2.28. The topological polar surface area (TPSA) is 93.1 Å². The highest BCUT2D eigenvalue weighted by Crippen LogP contribution is 2.49. The number of rotatable bonds is 10. The Labute approximate surface area is 184 Å². The summed E-state index contributed by atoms with van der Waals surface area (Å²) >= 11 is 0. The highest BCUT2D eigenvalue weighted by molar-refractivity contribution is 5.70. The van der Waals surface area contributed by atoms with Crippen LogP contribution in [0.5, 0.6) is 5.75 Å². The second-order valence-corrected chi connectivity index (χ2v) is 9.57. The van der Waals surface area contributed by atoms with E-state index in [2.05, 4.69) is 6.07 Å². The van der Waals surface area contributed by atoms with Gasteiger partial charge in [0.05, 0.1) is 6.10 Å². The average Bonchev–Trinajstić information content (AvgIpc) is 3.03. The third kappa shape index (κ3) is 6.00. The lowest BCUT2D eigenvalue weighted by atomic mass is 9.73. The quantitative estimate of drug-likeness (QED) is 0.543. The van der Waals surface area contributed by atoms with Crippen molar-refractivity contribution in [3.8, 4) is 5.75 Å². The summed E-state index contributed by atoms with van der Waals surface area (Å²) in [5.74, 6) is 0.776. The van der Waals surface area contributed by atoms with Gasteiger partial charge in [0.15, 0.2) is 6.61 Å². The Kier molecular flexibility index (Phi) is 7.98. The Balaban J connectivity index is 1.78. The summed E-state index contributed by atoms with van der Waals surface area (Å²) in [6, 6.07) is 5.85. The predicted octanol–water partition coefficient (Wildman–Crippen LogP) is 4.01. The number of carbonyl (C=O) groups is 2. The van der Waals surface area contributed by atoms with E-state index in [4.69, 9.17) is 14.6 Å². The molecule has 6 heteroatoms. The summed E-state index contributed by atoms with van der Waals surface area (Å²) in [7, 11) is 0. The Bertz CT molecular complexity index is 773. The average molecular weight is 433 g/mol. The Morgan fingerprint density at radius 1 is 1.23 bits per heavy atom. The van der Waals surface area contributed by atoms with E-state index in [1.165, 1.54) is 5.56 Å². The molecule has 1 fully saturated rings. The van der Waals surface area contributed by atoms with E-state index in [1.807, 2.05) is 32.9 Å². The lowest BCUT2D eigenvalue weighted by Gasteiger charge is -2.32. The van der Waals surface area contributed by atoms with E-state index in [1.54, 1.807) is 0 Å². The van der Waals surface area contributed by atoms with Gasteiger partial charge in [-0.2, -0.15) is 0 Å². The van der Waals surface area contributed by atoms with Crippen LogP contribution in [0, 0.1) is 23.7 Å². The van der Waals surface area contributed by atoms with Crippen LogP contribution in [0.3, 0.4) is 0 Å². The molecule has 0 aliphatic heterocycles. The number of carboxylic acid groups (broad SMARTS) is 1. The van der Waals surface area contributed by atoms with Crippen LogP contribution in [0.2, 0.25) is 0 Å². The maximum Gasteiger partial charge on any atom is 0.341 e. The second-order valence-electron chi connectivity index (χ2n) is 9.57. The van der Waals surface area contributed by atoms with Crippen LogP contribution in [0.15, 0.2) is 18.2 Å². The number of hydrogen-bond acceptors (Lipinski definition) is 5. The molecule has 0 heterocycles. The molecule has 3 rings (SSSR count). The standard InChI is InChI=1S/C25H36O6/c1-4-18(26)8-9-19-20-11-16-6-5-7-22(30-14-24(27)28)21(16)12-17(20)13-23(19)31-25(29)10-15(2)3/h5-7,15,17-20,23,26H,4,8-14H2,1-3H3,(H,27,28)/t17-,18-,19+,20-,23+/m0/s1. The van der Waals surface area contributed by atoms with Crippen molar-refractivity contribution in [2.24, 2.45) is 23.7 Å². The summed E-state index contributed by atoms with van der Waals surface area (Å²) < 4.78 is 11.5. The zero-order chi connectivity index (χ0) is 22.5. The van der Waals surface area contributed by atoms with Crippen LogP contribution in [-0.2, 0) is 27.2 Å². The number of aliphatic carboxylic acids is 1. The first-order valence-electron chi connectivity index (χ1n) is 11.6. The van der Waals surface area contributed by atoms with Crippen molar-refractivity contribution in [3.63, 3.8) is 0 Å². The molecule has 0 spiro atoms. The number of hydrogen-bond donors (Lipinski definition) is 2. The van der Waals surface area contributed by atoms with Crippen molar-refractivity contribution in [3.05, 3.63) is 29.3 Å². The van der Waals surface area contributed by atoms with Gasteiger partial charge in [0, 0.05) is 6.42 Å². The Morgan fingerprint density at radius 3 is 2.68 bits per heavy atom. The lowest BCUT2D eigenvalue weighted by molar-refractivity contribution is -0.152. The van der Waals surface area contributed by atoms with E-state index in [9.17, 15) is 14.7 Å². The van der Waals surface area contributed by atoms with E-state index < -0.39 is 5.97 Å². The molecular weight excluding hydrogens is 396 g/mol. The van der Waals surface area contributed by atoms with Crippen LogP contribution < -0.4 is 4.74 Å². The predicted molar refractivity (Wildman–Crippen MR) is 117 cm³/mol. The van der Waals surface area contributed by atoms with Crippen molar-refractivity contribution < 1.29 is 29.3 Å². The summed E-state index contributed by atoms with van der Waals surface area (Å²) in [6.45, 7) is 5.66. The van der Waals surface area contributed by atoms with E-state index in [-0.39, 0.29) is 36.6 Å². The first-order chi connectivity index (χ1) is 14.8. The van der Waals surface area contributed by atoms with Crippen molar-refractivity contribution in [1.82, 2.24) is 0 Å². The molecular formula is C25H36O6. The van der Waals surface area contributed by atoms with Gasteiger partial charge in [0.1, 0.15) is 11.9 Å². The second kappa shape index (κ2) is 10.5. The lowest BCUT2D eigenvalue weighted by Crippen LogP contribution is -2.30. The molecule has 0 amide bonds. The minimum atomic E-state index is -0.987. The highest BCUT2D eigenvalue weighted by atomic mass is 16.5. The normalized spacial score (nSPS) is 25.6. The monoisotopic (exact) mass is 432 g/mol. The fourth-order valence-corrected chi connectivity index (χ4v) is 5.33. The molecule has 1 aromatic carbocycles. The van der Waals surface area contributed by atoms with E-state index in [0.29, 0.717) is 24.0 Å². The van der Waals surface area contributed by atoms with Crippen molar-refractivity contribution >= 4 is 11.9 Å². The summed E-state index contributed by atoms with van der Waals surface area (Å²) in [4.78, 5) is 23.4. The van der Waals surface area contributed by atoms with E-state index >= 15 is 0 Å². The molecule has 1 saturated carbocycles. The minimum Gasteiger partial charge on any atom is -0.482 e. The van der Waals surface area contributed by atoms with Crippen molar-refractivity contribution in [2.75, 3.05) is 6.61 Å². The molecule has 6 nitrogen and oxygen atoms in total. The van der Waals surface area contributed by atoms with Crippen LogP contribution in [-0.4, -0.2) is 41.0 Å². The number of carboxylic acids is 1. The van der Waals surface area contributed by atoms with Crippen LogP contribution in [0.1, 0.15) is 64.0 Å². The van der Waals surface area contributed by atoms with Gasteiger partial charge in [-0.1, -0.05) is 32.9 Å². The Hall–Kier alpha value is -2.08. The van der Waals surface area contributed by atoms with Crippen molar-refractivity contribution in [2.45, 2.75) is 77.9 Å². The van der Waals surface area contributed by atoms with Crippen molar-refractivity contribution in [1.29, 1.82) is 0 Å². The largest absolute Gasteiger partial charge is 0.482 e. The zero-order valence-corrected chi connectivity index (χ0v) is 18.9. The number of aliphatic hydroxyl groups excluding tert-OH is 1. The van der Waals surface area contributed by atoms with Gasteiger partial charge in [-0.3, -0.25) is 4.79 Å². The van der Waals surface area contributed by atoms with Crippen LogP contribution in [0.4, 0.5) is 0 Å². The summed E-state index contributed by atoms with van der Waals surface area (Å²) in [5, 5.41) is 19.1. The fourth-order valence-electron chi connectivity index (χ4n) is 5.33. The molecule has 2 aliphatic carbocycles. The molecule has 0 aromatic heterocycles. The fraction of sp³-hybridized carbons (Fsp3) is 0.680. The summed E-state index contributed by atoms with van der Waals surface area (Å²) in [6.07, 6.45) is 4.76. The molecule has 1 aromatic rings. The molecule has 172 valence electrons. The molecule has 5 atom stereocenters. The maximum absolute atomic E-state index is 12.4. The number of benzene rings is 1. The molecule has 0 bridgehead atoms. The van der Waals surface area contributed by atoms with Gasteiger partial charge < -0.3 is 19.7 Å². The number of carbonyl (C=O) groups excluding carboxylic acids is 1. The minimum absolute atomic E-state index is 0.122. The highest BCUT2D eigenvalue weighted by Gasteiger charge is 2.47. The van der Waals surface area contributed by atoms with Crippen LogP contribution in [0.25, 0.3) is 0 Å². The first kappa shape index (κ1) is 23.6. The molecule has 31 heavy (non-hydrogen) atoms. The number of fused-ring (bicyclic) bond motifs is 2. The van der Waals surface area contributed by atoms with Gasteiger partial charge in [-0.05, 0) is 79.4 Å². The van der Waals surface area contributed by atoms with Gasteiger partial charge in [-0.25, -0.2) is 4.79 Å². The number of ether oxygens (including phenoxy) is 2. The zero-order valence-electron chi connectivity index (χ0n) is 18.9. The third-order valence-corrected chi connectivity index (χ3v) is 6.83. The first-order valence-corrected chi connectivity index (χ1v) is 11.6. The number of esters is 1. The smallest absolute Gasteiger partial charge is 0.341 e. The molecule has 0 radical (unpaired) electrons. The van der Waals surface area contributed by atoms with Gasteiger partial charge >= 0.3 is 11.9 Å². The molecule has 0 unspecified atom stereocenters. The SMILES string of the molecule is CC[C@H](O)CC[C@@H]1[C@H]2Cc3cccc(OCC(=O)O)c3C[C@H]2C[C@H]1OC(=O)CC(C)C. The third-order valence-electron chi connectivity index (χ3n) is 6.83. The van der Waals surface area contributed by atoms with E-state index in [0.717, 1.165) is 44.1 Å². The van der Waals surface area contributed by atoms with Gasteiger partial charge in [0.25, 0.3) is 0 Å². The maximum atomic E-state index is 12.4. The van der Waals surface area contributed by atoms with Gasteiger partial charge in [0.2, 0.25) is 0 Å². The Morgan fingerprint density at radius 2 is 2.00 bits per heavy atom. The number of aliphatic hydroxyl groups is 1. The van der Waals surface area contributed by atoms with Gasteiger partial charge in [-0.15, -0.1) is 0 Å². The molecule has 0 saturated heterocycles. The van der Waals surface area contributed by atoms with Crippen LogP contribution >= 0.6 is 0 Å². The molecule has 2 aliphatic rings.